The van der Waals surface area contributed by atoms with E-state index in [0.29, 0.717) is 10.6 Å². The van der Waals surface area contributed by atoms with Crippen LogP contribution in [0.3, 0.4) is 0 Å². The fourth-order valence-electron chi connectivity index (χ4n) is 4.36. The molecule has 7 heteroatoms. The molecule has 166 valence electrons. The van der Waals surface area contributed by atoms with Crippen LogP contribution in [0.25, 0.3) is 0 Å². The molecule has 0 bridgehead atoms. The lowest BCUT2D eigenvalue weighted by molar-refractivity contribution is 0.215. The van der Waals surface area contributed by atoms with Gasteiger partial charge in [0.05, 0.1) is 28.4 Å². The molecule has 1 fully saturated rings. The van der Waals surface area contributed by atoms with Crippen LogP contribution in [0.1, 0.15) is 36.3 Å². The van der Waals surface area contributed by atoms with Crippen LogP contribution in [0.4, 0.5) is 5.69 Å². The number of hydrogen-bond acceptors (Lipinski definition) is 4. The third-order valence-corrected chi connectivity index (χ3v) is 6.59. The molecule has 0 radical (unpaired) electrons. The van der Waals surface area contributed by atoms with E-state index in [4.69, 9.17) is 23.2 Å². The predicted molar refractivity (Wildman–Crippen MR) is 130 cm³/mol. The van der Waals surface area contributed by atoms with E-state index in [1.54, 1.807) is 6.07 Å². The first-order chi connectivity index (χ1) is 15.6. The molecule has 0 saturated carbocycles. The molecule has 5 nitrogen and oxygen atoms in total. The number of aryl methyl sites for hydroxylation is 1. The molecule has 3 aromatic rings. The van der Waals surface area contributed by atoms with Crippen molar-refractivity contribution in [3.05, 3.63) is 81.9 Å². The SMILES string of the molecule is CCCc1nccn1CCN1CCN(c2ccc(C#N)cc2Cl)C(c2ccc(Cl)cc2)C1. The smallest absolute Gasteiger partial charge is 0.108 e. The second-order valence-corrected chi connectivity index (χ2v) is 8.97. The molecule has 1 unspecified atom stereocenters. The number of imidazole rings is 1. The minimum absolute atomic E-state index is 0.143. The number of aromatic nitrogens is 2. The number of anilines is 1. The minimum atomic E-state index is 0.143. The molecule has 1 saturated heterocycles. The molecule has 4 rings (SSSR count). The van der Waals surface area contributed by atoms with Crippen LogP contribution in [0.2, 0.25) is 10.0 Å². The van der Waals surface area contributed by atoms with Crippen molar-refractivity contribution in [1.29, 1.82) is 5.26 Å². The first-order valence-electron chi connectivity index (χ1n) is 11.0. The van der Waals surface area contributed by atoms with Gasteiger partial charge >= 0.3 is 0 Å². The molecule has 32 heavy (non-hydrogen) atoms. The Morgan fingerprint density at radius 3 is 2.62 bits per heavy atom. The monoisotopic (exact) mass is 467 g/mol. The fraction of sp³-hybridized carbons (Fsp3) is 0.360. The highest BCUT2D eigenvalue weighted by atomic mass is 35.5. The van der Waals surface area contributed by atoms with Crippen molar-refractivity contribution in [2.45, 2.75) is 32.4 Å². The third-order valence-electron chi connectivity index (χ3n) is 6.04. The van der Waals surface area contributed by atoms with Crippen LogP contribution in [-0.2, 0) is 13.0 Å². The quantitative estimate of drug-likeness (QED) is 0.455. The van der Waals surface area contributed by atoms with E-state index in [1.165, 1.54) is 5.56 Å². The largest absolute Gasteiger partial charge is 0.361 e. The number of hydrogen-bond donors (Lipinski definition) is 0. The van der Waals surface area contributed by atoms with Gasteiger partial charge in [0, 0.05) is 56.6 Å². The maximum absolute atomic E-state index is 9.20. The van der Waals surface area contributed by atoms with Crippen molar-refractivity contribution in [3.63, 3.8) is 0 Å². The maximum atomic E-state index is 9.20. The van der Waals surface area contributed by atoms with E-state index in [2.05, 4.69) is 50.7 Å². The zero-order chi connectivity index (χ0) is 22.5. The van der Waals surface area contributed by atoms with Gasteiger partial charge in [-0.2, -0.15) is 5.26 Å². The lowest BCUT2D eigenvalue weighted by Gasteiger charge is -2.43. The zero-order valence-corrected chi connectivity index (χ0v) is 19.7. The van der Waals surface area contributed by atoms with Crippen LogP contribution in [0.15, 0.2) is 54.9 Å². The van der Waals surface area contributed by atoms with Crippen LogP contribution < -0.4 is 4.90 Å². The number of nitriles is 1. The average Bonchev–Trinajstić information content (AvgIpc) is 3.25. The van der Waals surface area contributed by atoms with E-state index < -0.39 is 0 Å². The van der Waals surface area contributed by atoms with Gasteiger partial charge in [0.25, 0.3) is 0 Å². The van der Waals surface area contributed by atoms with Crippen molar-refractivity contribution in [2.75, 3.05) is 31.1 Å². The molecule has 1 atom stereocenters. The Labute approximate surface area is 199 Å². The summed E-state index contributed by atoms with van der Waals surface area (Å²) >= 11 is 12.7. The van der Waals surface area contributed by atoms with Crippen LogP contribution in [0, 0.1) is 11.3 Å². The van der Waals surface area contributed by atoms with Crippen LogP contribution >= 0.6 is 23.2 Å². The molecule has 0 amide bonds. The molecule has 1 aliphatic heterocycles. The second-order valence-electron chi connectivity index (χ2n) is 8.13. The summed E-state index contributed by atoms with van der Waals surface area (Å²) in [5, 5.41) is 10.5. The normalized spacial score (nSPS) is 16.8. The molecule has 0 N–H and O–H groups in total. The molecular weight excluding hydrogens is 441 g/mol. The summed E-state index contributed by atoms with van der Waals surface area (Å²) in [5.74, 6) is 1.16. The van der Waals surface area contributed by atoms with Gasteiger partial charge < -0.3 is 9.47 Å². The molecule has 2 heterocycles. The summed E-state index contributed by atoms with van der Waals surface area (Å²) in [7, 11) is 0. The Balaban J connectivity index is 1.55. The van der Waals surface area contributed by atoms with Crippen molar-refractivity contribution in [2.24, 2.45) is 0 Å². The van der Waals surface area contributed by atoms with Gasteiger partial charge in [-0.3, -0.25) is 4.90 Å². The van der Waals surface area contributed by atoms with Crippen LogP contribution in [0.5, 0.6) is 0 Å². The number of halogens is 2. The molecule has 0 spiro atoms. The Kier molecular flexibility index (Phi) is 7.36. The highest BCUT2D eigenvalue weighted by Crippen LogP contribution is 2.36. The van der Waals surface area contributed by atoms with Gasteiger partial charge in [-0.15, -0.1) is 0 Å². The standard InChI is InChI=1S/C25H27Cl2N5/c1-2-3-25-29-10-11-31(25)14-12-30-13-15-32(23-9-4-19(17-28)16-22(23)27)24(18-30)20-5-7-21(26)8-6-20/h4-11,16,24H,2-3,12-15,18H2,1H3. The number of benzene rings is 2. The van der Waals surface area contributed by atoms with Crippen LogP contribution in [-0.4, -0.2) is 40.6 Å². The van der Waals surface area contributed by atoms with Gasteiger partial charge in [-0.05, 0) is 42.3 Å². The predicted octanol–water partition coefficient (Wildman–Crippen LogP) is 5.58. The second kappa shape index (κ2) is 10.4. The number of piperazine rings is 1. The number of rotatable bonds is 7. The molecule has 1 aliphatic rings. The Bertz CT molecular complexity index is 1090. The zero-order valence-electron chi connectivity index (χ0n) is 18.2. The summed E-state index contributed by atoms with van der Waals surface area (Å²) < 4.78 is 2.27. The van der Waals surface area contributed by atoms with Gasteiger partial charge in [-0.1, -0.05) is 42.3 Å². The van der Waals surface area contributed by atoms with Crippen molar-refractivity contribution >= 4 is 28.9 Å². The van der Waals surface area contributed by atoms with E-state index in [1.807, 2.05) is 30.5 Å². The minimum Gasteiger partial charge on any atom is -0.361 e. The van der Waals surface area contributed by atoms with E-state index >= 15 is 0 Å². The first-order valence-corrected chi connectivity index (χ1v) is 11.8. The van der Waals surface area contributed by atoms with Gasteiger partial charge in [0.2, 0.25) is 0 Å². The maximum Gasteiger partial charge on any atom is 0.108 e. The highest BCUT2D eigenvalue weighted by molar-refractivity contribution is 6.33. The first kappa shape index (κ1) is 22.7. The molecule has 0 aliphatic carbocycles. The molecular formula is C25H27Cl2N5. The topological polar surface area (TPSA) is 48.1 Å². The van der Waals surface area contributed by atoms with Crippen molar-refractivity contribution in [3.8, 4) is 6.07 Å². The van der Waals surface area contributed by atoms with E-state index in [0.717, 1.165) is 62.1 Å². The fourth-order valence-corrected chi connectivity index (χ4v) is 4.77. The van der Waals surface area contributed by atoms with Gasteiger partial charge in [0.1, 0.15) is 5.82 Å². The molecule has 1 aromatic heterocycles. The summed E-state index contributed by atoms with van der Waals surface area (Å²) in [4.78, 5) is 9.36. The van der Waals surface area contributed by atoms with E-state index in [-0.39, 0.29) is 6.04 Å². The third kappa shape index (κ3) is 5.10. The van der Waals surface area contributed by atoms with E-state index in [9.17, 15) is 5.26 Å². The Hall–Kier alpha value is -2.52. The van der Waals surface area contributed by atoms with Crippen molar-refractivity contribution in [1.82, 2.24) is 14.5 Å². The summed E-state index contributed by atoms with van der Waals surface area (Å²) in [6.45, 7) is 6.76. The Morgan fingerprint density at radius 1 is 1.09 bits per heavy atom. The lowest BCUT2D eigenvalue weighted by atomic mass is 10.0. The summed E-state index contributed by atoms with van der Waals surface area (Å²) in [6, 6.07) is 15.9. The Morgan fingerprint density at radius 2 is 1.91 bits per heavy atom. The average molecular weight is 468 g/mol. The van der Waals surface area contributed by atoms with Crippen molar-refractivity contribution < 1.29 is 0 Å². The summed E-state index contributed by atoms with van der Waals surface area (Å²) in [6.07, 6.45) is 6.08. The summed E-state index contributed by atoms with van der Waals surface area (Å²) in [5.41, 5.74) is 2.74. The lowest BCUT2D eigenvalue weighted by Crippen LogP contribution is -2.49. The number of nitrogens with zero attached hydrogens (tertiary/aromatic N) is 5. The molecule has 2 aromatic carbocycles. The van der Waals surface area contributed by atoms with Gasteiger partial charge in [-0.25, -0.2) is 4.98 Å². The van der Waals surface area contributed by atoms with Gasteiger partial charge in [0.15, 0.2) is 0 Å². The highest BCUT2D eigenvalue weighted by Gasteiger charge is 2.29.